The molecule has 0 saturated carbocycles. The van der Waals surface area contributed by atoms with E-state index in [4.69, 9.17) is 1.37 Å². The quantitative estimate of drug-likeness (QED) is 0.437. The molecule has 1 aliphatic rings. The fourth-order valence-electron chi connectivity index (χ4n) is 0.510. The molecule has 1 N–H and O–H groups in total. The third kappa shape index (κ3) is 0.618. The Morgan fingerprint density at radius 1 is 1.60 bits per heavy atom. The Morgan fingerprint density at radius 3 is 2.80 bits per heavy atom. The predicted molar refractivity (Wildman–Crippen MR) is 22.1 cm³/mol. The molecule has 0 radical (unpaired) electrons. The Morgan fingerprint density at radius 2 is 2.60 bits per heavy atom. The van der Waals surface area contributed by atoms with Crippen LogP contribution in [-0.2, 0) is 0 Å². The Kier molecular flexibility index (Phi) is 0.618. The van der Waals surface area contributed by atoms with Gasteiger partial charge in [0.2, 0.25) is 0 Å². The zero-order valence-electron chi connectivity index (χ0n) is 4.20. The van der Waals surface area contributed by atoms with Gasteiger partial charge in [-0.05, 0) is 25.9 Å². The van der Waals surface area contributed by atoms with Crippen molar-refractivity contribution in [1.82, 2.24) is 5.32 Å². The van der Waals surface area contributed by atoms with Crippen LogP contribution in [0.15, 0.2) is 0 Å². The lowest BCUT2D eigenvalue weighted by atomic mass is 10.4. The number of hydrogen-bond donors (Lipinski definition) is 1. The van der Waals surface area contributed by atoms with Crippen molar-refractivity contribution in [3.63, 3.8) is 0 Å². The molecule has 1 unspecified atom stereocenters. The molecule has 0 bridgehead atoms. The Balaban J connectivity index is 2.18. The third-order valence-corrected chi connectivity index (χ3v) is 0.814. The molecule has 1 atom stereocenters. The van der Waals surface area contributed by atoms with Crippen molar-refractivity contribution in [3.8, 4) is 0 Å². The van der Waals surface area contributed by atoms with Gasteiger partial charge in [-0.1, -0.05) is 0 Å². The van der Waals surface area contributed by atoms with Gasteiger partial charge in [-0.3, -0.25) is 0 Å². The van der Waals surface area contributed by atoms with Crippen molar-refractivity contribution in [3.05, 3.63) is 0 Å². The van der Waals surface area contributed by atoms with E-state index in [0.29, 0.717) is 0 Å². The lowest BCUT2D eigenvalue weighted by molar-refractivity contribution is 0.857. The second-order valence-corrected chi connectivity index (χ2v) is 1.30. The first-order valence-electron chi connectivity index (χ1n) is 2.63. The van der Waals surface area contributed by atoms with Gasteiger partial charge >= 0.3 is 0 Å². The van der Waals surface area contributed by atoms with E-state index in [1.54, 1.807) is 0 Å². The van der Waals surface area contributed by atoms with Gasteiger partial charge < -0.3 is 5.32 Å². The highest BCUT2D eigenvalue weighted by atomic mass is 14.9. The molecule has 1 saturated heterocycles. The van der Waals surface area contributed by atoms with Crippen LogP contribution >= 0.6 is 0 Å². The summed E-state index contributed by atoms with van der Waals surface area (Å²) in [7, 11) is 0. The second-order valence-electron chi connectivity index (χ2n) is 1.30. The first-order chi connectivity index (χ1) is 2.89. The minimum atomic E-state index is 0.0463. The van der Waals surface area contributed by atoms with Gasteiger partial charge in [0.05, 0.1) is 0 Å². The molecule has 0 aromatic heterocycles. The lowest BCUT2D eigenvalue weighted by Crippen LogP contribution is -2.03. The van der Waals surface area contributed by atoms with E-state index in [1.165, 1.54) is 6.42 Å². The molecule has 1 fully saturated rings. The molecule has 1 heterocycles. The van der Waals surface area contributed by atoms with Gasteiger partial charge in [0, 0.05) is 1.37 Å². The van der Waals surface area contributed by atoms with Crippen LogP contribution in [0, 0.1) is 0 Å². The van der Waals surface area contributed by atoms with Gasteiger partial charge in [0.15, 0.2) is 0 Å². The van der Waals surface area contributed by atoms with Crippen molar-refractivity contribution >= 4 is 0 Å². The van der Waals surface area contributed by atoms with Crippen LogP contribution in [0.25, 0.3) is 0 Å². The van der Waals surface area contributed by atoms with Crippen LogP contribution in [0.5, 0.6) is 0 Å². The molecule has 1 heteroatoms. The first kappa shape index (κ1) is 2.19. The fourth-order valence-corrected chi connectivity index (χ4v) is 0.510. The summed E-state index contributed by atoms with van der Waals surface area (Å²) >= 11 is 0. The van der Waals surface area contributed by atoms with E-state index in [2.05, 4.69) is 5.32 Å². The van der Waals surface area contributed by atoms with E-state index >= 15 is 0 Å². The van der Waals surface area contributed by atoms with Crippen molar-refractivity contribution < 1.29 is 1.37 Å². The molecule has 1 nitrogen and oxygen atoms in total. The van der Waals surface area contributed by atoms with Crippen molar-refractivity contribution in [2.45, 2.75) is 12.8 Å². The van der Waals surface area contributed by atoms with Crippen LogP contribution in [0.3, 0.4) is 0 Å². The number of rotatable bonds is 0. The van der Waals surface area contributed by atoms with Crippen molar-refractivity contribution in [1.29, 1.82) is 0 Å². The minimum Gasteiger partial charge on any atom is -0.317 e. The van der Waals surface area contributed by atoms with Crippen LogP contribution in [-0.4, -0.2) is 13.1 Å². The fraction of sp³-hybridized carbons (Fsp3) is 1.00. The average molecular weight is 73.1 g/mol. The summed E-state index contributed by atoms with van der Waals surface area (Å²) in [6.07, 6.45) is 2.23. The standard InChI is InChI=1S/C4H9N/c1-2-4-5-3-1/h5H,1-4H2/i3T. The highest BCUT2D eigenvalue weighted by molar-refractivity contribution is 4.55. The molecule has 0 spiro atoms. The van der Waals surface area contributed by atoms with Gasteiger partial charge in [-0.2, -0.15) is 0 Å². The second kappa shape index (κ2) is 1.41. The molecule has 0 aliphatic carbocycles. The van der Waals surface area contributed by atoms with Crippen LogP contribution in [0.4, 0.5) is 0 Å². The maximum atomic E-state index is 7.02. The summed E-state index contributed by atoms with van der Waals surface area (Å²) in [6.45, 7) is 1.10. The third-order valence-electron chi connectivity index (χ3n) is 0.814. The average Bonchev–Trinajstić information content (AvgIpc) is 1.86. The van der Waals surface area contributed by atoms with E-state index in [-0.39, 0.29) is 6.52 Å². The lowest BCUT2D eigenvalue weighted by Gasteiger charge is -1.76. The van der Waals surface area contributed by atoms with Crippen LogP contribution in [0.2, 0.25) is 0 Å². The maximum absolute atomic E-state index is 7.02. The summed E-state index contributed by atoms with van der Waals surface area (Å²) in [4.78, 5) is 0. The monoisotopic (exact) mass is 73.1 g/mol. The smallest absolute Gasteiger partial charge is 0.0428 e. The highest BCUT2D eigenvalue weighted by Gasteiger charge is 1.93. The highest BCUT2D eigenvalue weighted by Crippen LogP contribution is 1.90. The molecule has 1 rings (SSSR count). The molecule has 1 aliphatic heterocycles. The molecule has 0 aromatic carbocycles. The van der Waals surface area contributed by atoms with Gasteiger partial charge in [-0.15, -0.1) is 0 Å². The summed E-state index contributed by atoms with van der Waals surface area (Å²) < 4.78 is 7.02. The van der Waals surface area contributed by atoms with E-state index in [9.17, 15) is 0 Å². The van der Waals surface area contributed by atoms with Crippen molar-refractivity contribution in [2.24, 2.45) is 0 Å². The summed E-state index contributed by atoms with van der Waals surface area (Å²) in [5.41, 5.74) is 0. The van der Waals surface area contributed by atoms with E-state index in [1.807, 2.05) is 0 Å². The minimum absolute atomic E-state index is 0.0463. The largest absolute Gasteiger partial charge is 0.317 e. The Hall–Kier alpha value is -0.0400. The summed E-state index contributed by atoms with van der Waals surface area (Å²) in [6, 6.07) is 0. The number of hydrogen-bond acceptors (Lipinski definition) is 1. The Labute approximate surface area is 33.8 Å². The van der Waals surface area contributed by atoms with E-state index in [0.717, 1.165) is 13.0 Å². The van der Waals surface area contributed by atoms with Gasteiger partial charge in [-0.25, -0.2) is 0 Å². The normalized spacial score (nSPS) is 41.6. The SMILES string of the molecule is [3H]C1CCCN1. The number of nitrogens with one attached hydrogen (secondary N) is 1. The molecule has 0 amide bonds. The molecular formula is C4H9N. The zero-order chi connectivity index (χ0) is 4.41. The summed E-state index contributed by atoms with van der Waals surface area (Å²) in [5, 5.41) is 2.99. The van der Waals surface area contributed by atoms with Crippen molar-refractivity contribution in [2.75, 3.05) is 13.1 Å². The van der Waals surface area contributed by atoms with Crippen LogP contribution in [0.1, 0.15) is 14.2 Å². The Bertz CT molecular complexity index is 40.8. The summed E-state index contributed by atoms with van der Waals surface area (Å²) in [5.74, 6) is 0. The molecular weight excluding hydrogens is 62.1 g/mol. The molecule has 30 valence electrons. The first-order valence-corrected chi connectivity index (χ1v) is 2.05. The maximum Gasteiger partial charge on any atom is 0.0428 e. The van der Waals surface area contributed by atoms with E-state index < -0.39 is 0 Å². The van der Waals surface area contributed by atoms with Gasteiger partial charge in [0.25, 0.3) is 0 Å². The molecule has 5 heavy (non-hydrogen) atoms. The van der Waals surface area contributed by atoms with Gasteiger partial charge in [0.1, 0.15) is 0 Å². The zero-order valence-corrected chi connectivity index (χ0v) is 3.20. The molecule has 0 aromatic rings. The van der Waals surface area contributed by atoms with Crippen LogP contribution < -0.4 is 5.32 Å². The topological polar surface area (TPSA) is 12.0 Å². The predicted octanol–water partition coefficient (Wildman–Crippen LogP) is 0.370.